The Balaban J connectivity index is 0.00000370. The molecule has 5 heterocycles. The molecule has 3 aromatic heterocycles. The van der Waals surface area contributed by atoms with Gasteiger partial charge in [-0.3, -0.25) is 14.7 Å². The molecular formula is C23H20N7NaO7S2. The van der Waals surface area contributed by atoms with Gasteiger partial charge < -0.3 is 30.7 Å². The summed E-state index contributed by atoms with van der Waals surface area (Å²) in [4.78, 5) is 50.2. The Bertz CT molecular complexity index is 1580. The number of anilines is 1. The summed E-state index contributed by atoms with van der Waals surface area (Å²) in [6, 6.07) is 4.41. The second kappa shape index (κ2) is 12.0. The molecule has 202 valence electrons. The third-order valence-corrected chi connectivity index (χ3v) is 8.02. The standard InChI is InChI=1S/C23H21N7O7S2.Na/c1-11(21(33)34)37-27-15(13-10-39-23(24)25-13)18(31)26-16-19(32)30-17(22(35)36)12(9-38-20(16)30)8-29-7-6-28-5-3-2-4-14(28)29;/h2-7,10-11,16,20H,8-9H2,1H3,(H4-,24,25,26,31,33,34,35,36);/q;+1/p-1/b27-15+;/t11?,16-,20-;/m1./s1. The molecule has 0 aliphatic carbocycles. The van der Waals surface area contributed by atoms with Crippen molar-refractivity contribution in [2.75, 3.05) is 11.5 Å². The van der Waals surface area contributed by atoms with Crippen molar-refractivity contribution in [3.05, 3.63) is 59.1 Å². The van der Waals surface area contributed by atoms with Crippen molar-refractivity contribution in [3.63, 3.8) is 0 Å². The van der Waals surface area contributed by atoms with E-state index in [1.807, 2.05) is 39.6 Å². The van der Waals surface area contributed by atoms with E-state index in [1.165, 1.54) is 24.1 Å². The maximum atomic E-state index is 13.1. The number of imidazole rings is 1. The van der Waals surface area contributed by atoms with E-state index in [1.54, 1.807) is 6.20 Å². The number of carboxylic acid groups (broad SMARTS) is 2. The molecule has 14 nitrogen and oxygen atoms in total. The van der Waals surface area contributed by atoms with E-state index in [-0.39, 0.29) is 58.4 Å². The van der Waals surface area contributed by atoms with Crippen LogP contribution in [0.25, 0.3) is 5.65 Å². The Labute approximate surface area is 256 Å². The number of thiazole rings is 1. The smallest absolute Gasteiger partial charge is 0.857 e. The van der Waals surface area contributed by atoms with Gasteiger partial charge in [0, 0.05) is 28.7 Å². The van der Waals surface area contributed by atoms with Crippen molar-refractivity contribution in [1.29, 1.82) is 0 Å². The Morgan fingerprint density at radius 1 is 1.35 bits per heavy atom. The minimum atomic E-state index is -1.51. The number of aliphatic imine (C=N–C) groups is 1. The predicted octanol–water partition coefficient (Wildman–Crippen LogP) is -4.79. The number of aromatic nitrogens is 3. The van der Waals surface area contributed by atoms with Gasteiger partial charge in [0.25, 0.3) is 11.6 Å². The average molecular weight is 594 g/mol. The van der Waals surface area contributed by atoms with Gasteiger partial charge in [-0.05, 0) is 13.0 Å². The number of oxime groups is 1. The van der Waals surface area contributed by atoms with Crippen molar-refractivity contribution >= 4 is 63.3 Å². The Hall–Kier alpha value is -3.44. The zero-order chi connectivity index (χ0) is 27.8. The number of carbonyl (C=O) groups is 3. The molecular weight excluding hydrogens is 573 g/mol. The Morgan fingerprint density at radius 3 is 2.80 bits per heavy atom. The number of hydrogen-bond acceptors (Lipinski definition) is 12. The molecule has 0 aromatic carbocycles. The van der Waals surface area contributed by atoms with Gasteiger partial charge in [0.2, 0.25) is 6.10 Å². The first-order valence-electron chi connectivity index (χ1n) is 11.4. The number of nitrogen functional groups attached to an aromatic ring is 1. The number of fused-ring (bicyclic) bond motifs is 2. The van der Waals surface area contributed by atoms with Crippen molar-refractivity contribution in [3.8, 4) is 0 Å². The molecule has 2 aliphatic heterocycles. The van der Waals surface area contributed by atoms with Crippen LogP contribution >= 0.6 is 23.1 Å². The normalized spacial score (nSPS) is 20.0. The number of carbonyl (C=O) groups excluding carboxylic acids is 2. The average Bonchev–Trinajstić information content (AvgIpc) is 3.52. The molecule has 17 heteroatoms. The number of amides is 1. The van der Waals surface area contributed by atoms with Gasteiger partial charge in [-0.2, -0.15) is 0 Å². The molecule has 0 bridgehead atoms. The molecule has 1 fully saturated rings. The first-order valence-corrected chi connectivity index (χ1v) is 13.3. The summed E-state index contributed by atoms with van der Waals surface area (Å²) >= 11 is 2.28. The number of rotatable bonds is 9. The molecule has 0 spiro atoms. The first kappa shape index (κ1) is 29.5. The third kappa shape index (κ3) is 5.57. The van der Waals surface area contributed by atoms with Crippen LogP contribution in [-0.4, -0.2) is 72.1 Å². The van der Waals surface area contributed by atoms with Gasteiger partial charge in [-0.15, -0.1) is 23.1 Å². The van der Waals surface area contributed by atoms with Gasteiger partial charge >= 0.3 is 35.5 Å². The quantitative estimate of drug-likeness (QED) is 0.0606. The SMILES string of the molecule is CC(O/N=C(/C([O-])=N[C@@H]1C(=O)N2C(C(=O)[O-])=C(C[n+]3ccn4ccccc43)CS[C@H]12)c1csc(N)n1)C(=O)O.[Na+]. The summed E-state index contributed by atoms with van der Waals surface area (Å²) in [5.41, 5.74) is 6.28. The van der Waals surface area contributed by atoms with Crippen LogP contribution in [0.3, 0.4) is 0 Å². The van der Waals surface area contributed by atoms with Crippen molar-refractivity contribution in [2.24, 2.45) is 10.1 Å². The predicted molar refractivity (Wildman–Crippen MR) is 135 cm³/mol. The van der Waals surface area contributed by atoms with Crippen LogP contribution in [0.4, 0.5) is 5.13 Å². The number of nitrogens with two attached hydrogens (primary N) is 1. The second-order valence-electron chi connectivity index (χ2n) is 8.52. The minimum absolute atomic E-state index is 0. The Morgan fingerprint density at radius 2 is 2.12 bits per heavy atom. The van der Waals surface area contributed by atoms with Gasteiger partial charge in [0.15, 0.2) is 11.2 Å². The van der Waals surface area contributed by atoms with Crippen molar-refractivity contribution in [1.82, 2.24) is 14.3 Å². The zero-order valence-electron chi connectivity index (χ0n) is 21.2. The van der Waals surface area contributed by atoms with Gasteiger partial charge in [-0.1, -0.05) is 11.2 Å². The maximum Gasteiger partial charge on any atom is 1.00 e. The molecule has 1 amide bonds. The fourth-order valence-electron chi connectivity index (χ4n) is 4.10. The monoisotopic (exact) mass is 593 g/mol. The van der Waals surface area contributed by atoms with E-state index in [2.05, 4.69) is 15.1 Å². The van der Waals surface area contributed by atoms with Crippen LogP contribution < -0.4 is 50.1 Å². The summed E-state index contributed by atoms with van der Waals surface area (Å²) in [6.07, 6.45) is 4.13. The number of pyridine rings is 1. The fraction of sp³-hybridized carbons (Fsp3) is 0.261. The molecule has 1 unspecified atom stereocenters. The molecule has 1 saturated heterocycles. The molecule has 0 saturated carbocycles. The number of hydrogen-bond donors (Lipinski definition) is 2. The van der Waals surface area contributed by atoms with Crippen molar-refractivity contribution < 1.29 is 68.7 Å². The number of carboxylic acids is 2. The molecule has 3 N–H and O–H groups in total. The fourth-order valence-corrected chi connectivity index (χ4v) is 5.97. The van der Waals surface area contributed by atoms with Crippen molar-refractivity contribution in [2.45, 2.75) is 31.0 Å². The van der Waals surface area contributed by atoms with Crippen LogP contribution in [0.15, 0.2) is 63.6 Å². The van der Waals surface area contributed by atoms with Crippen LogP contribution in [-0.2, 0) is 25.8 Å². The second-order valence-corrected chi connectivity index (χ2v) is 10.5. The molecule has 40 heavy (non-hydrogen) atoms. The van der Waals surface area contributed by atoms with E-state index in [0.717, 1.165) is 21.9 Å². The van der Waals surface area contributed by atoms with E-state index < -0.39 is 47.0 Å². The van der Waals surface area contributed by atoms with E-state index in [4.69, 9.17) is 15.7 Å². The third-order valence-electron chi connectivity index (χ3n) is 6.02. The van der Waals surface area contributed by atoms with Crippen LogP contribution in [0.5, 0.6) is 0 Å². The zero-order valence-corrected chi connectivity index (χ0v) is 24.8. The van der Waals surface area contributed by atoms with Crippen LogP contribution in [0.1, 0.15) is 12.6 Å². The Kier molecular flexibility index (Phi) is 8.84. The van der Waals surface area contributed by atoms with E-state index >= 15 is 0 Å². The minimum Gasteiger partial charge on any atom is -0.857 e. The number of thioether (sulfide) groups is 1. The topological polar surface area (TPSA) is 202 Å². The first-order chi connectivity index (χ1) is 18.7. The summed E-state index contributed by atoms with van der Waals surface area (Å²) in [6.45, 7) is 1.43. The summed E-state index contributed by atoms with van der Waals surface area (Å²) in [7, 11) is 0. The number of nitrogens with zero attached hydrogens (tertiary/aromatic N) is 6. The van der Waals surface area contributed by atoms with E-state index in [0.29, 0.717) is 5.57 Å². The molecule has 0 radical (unpaired) electrons. The largest absolute Gasteiger partial charge is 1.00 e. The molecule has 3 aromatic rings. The summed E-state index contributed by atoms with van der Waals surface area (Å²) < 4.78 is 3.73. The maximum absolute atomic E-state index is 13.1. The van der Waals surface area contributed by atoms with Crippen LogP contribution in [0.2, 0.25) is 0 Å². The van der Waals surface area contributed by atoms with Crippen LogP contribution in [0, 0.1) is 0 Å². The van der Waals surface area contributed by atoms with Gasteiger partial charge in [0.1, 0.15) is 35.7 Å². The molecule has 5 rings (SSSR count). The number of β-lactam (4-membered cyclic amide) rings is 1. The summed E-state index contributed by atoms with van der Waals surface area (Å²) in [5, 5.41) is 38.6. The van der Waals surface area contributed by atoms with E-state index in [9.17, 15) is 24.6 Å². The number of aliphatic carboxylic acids is 2. The van der Waals surface area contributed by atoms with Gasteiger partial charge in [-0.25, -0.2) is 18.7 Å². The van der Waals surface area contributed by atoms with Gasteiger partial charge in [0.05, 0.1) is 17.9 Å². The molecule has 2 aliphatic rings. The molecule has 3 atom stereocenters. The summed E-state index contributed by atoms with van der Waals surface area (Å²) in [5.74, 6) is -4.24.